The molecule has 0 amide bonds. The molecule has 1 saturated heterocycles. The van der Waals surface area contributed by atoms with Gasteiger partial charge in [0.1, 0.15) is 0 Å². The molecule has 0 saturated carbocycles. The van der Waals surface area contributed by atoms with Gasteiger partial charge in [-0.25, -0.2) is 0 Å². The van der Waals surface area contributed by atoms with Crippen LogP contribution in [-0.4, -0.2) is 28.1 Å². The molecule has 0 atom stereocenters. The third-order valence-corrected chi connectivity index (χ3v) is 5.21. The zero-order valence-corrected chi connectivity index (χ0v) is 15.1. The van der Waals surface area contributed by atoms with Gasteiger partial charge in [-0.1, -0.05) is 24.3 Å². The van der Waals surface area contributed by atoms with Crippen molar-refractivity contribution in [1.29, 1.82) is 0 Å². The first-order chi connectivity index (χ1) is 10.6. The van der Waals surface area contributed by atoms with Gasteiger partial charge in [0, 0.05) is 18.3 Å². The number of benzene rings is 1. The second kappa shape index (κ2) is 5.21. The van der Waals surface area contributed by atoms with Crippen LogP contribution in [0.1, 0.15) is 39.1 Å². The SMILES string of the molecule is Cc1nn(C)c(C)c1-c1cccc(B2OC(C)(C)C(C)(C)O2)c1. The van der Waals surface area contributed by atoms with Crippen LogP contribution in [0.3, 0.4) is 0 Å². The molecule has 3 rings (SSSR count). The van der Waals surface area contributed by atoms with Crippen LogP contribution in [0, 0.1) is 13.8 Å². The maximum absolute atomic E-state index is 6.16. The van der Waals surface area contributed by atoms with Crippen LogP contribution in [0.4, 0.5) is 0 Å². The summed E-state index contributed by atoms with van der Waals surface area (Å²) in [4.78, 5) is 0. The van der Waals surface area contributed by atoms with E-state index in [-0.39, 0.29) is 18.3 Å². The summed E-state index contributed by atoms with van der Waals surface area (Å²) in [5, 5.41) is 4.51. The van der Waals surface area contributed by atoms with Crippen molar-refractivity contribution in [2.45, 2.75) is 52.7 Å². The highest BCUT2D eigenvalue weighted by Crippen LogP contribution is 2.36. The van der Waals surface area contributed by atoms with Crippen LogP contribution in [0.25, 0.3) is 11.1 Å². The molecular formula is C18H25BN2O2. The lowest BCUT2D eigenvalue weighted by Gasteiger charge is -2.32. The smallest absolute Gasteiger partial charge is 0.399 e. The topological polar surface area (TPSA) is 36.3 Å². The number of hydrogen-bond donors (Lipinski definition) is 0. The molecule has 23 heavy (non-hydrogen) atoms. The second-order valence-electron chi connectivity index (χ2n) is 7.38. The molecule has 0 radical (unpaired) electrons. The standard InChI is InChI=1S/C18H25BN2O2/c1-12-16(13(2)21(7)20-12)14-9-8-10-15(11-14)19-22-17(3,4)18(5,6)23-19/h8-11H,1-7H3. The molecular weight excluding hydrogens is 287 g/mol. The van der Waals surface area contributed by atoms with Gasteiger partial charge in [0.05, 0.1) is 16.9 Å². The molecule has 5 heteroatoms. The van der Waals surface area contributed by atoms with Gasteiger partial charge in [-0.2, -0.15) is 5.10 Å². The lowest BCUT2D eigenvalue weighted by atomic mass is 9.78. The molecule has 0 N–H and O–H groups in total. The van der Waals surface area contributed by atoms with Gasteiger partial charge in [-0.05, 0) is 52.6 Å². The van der Waals surface area contributed by atoms with Gasteiger partial charge < -0.3 is 9.31 Å². The van der Waals surface area contributed by atoms with Crippen molar-refractivity contribution < 1.29 is 9.31 Å². The average Bonchev–Trinajstić information content (AvgIpc) is 2.83. The van der Waals surface area contributed by atoms with Gasteiger partial charge in [-0.15, -0.1) is 0 Å². The summed E-state index contributed by atoms with van der Waals surface area (Å²) in [5.74, 6) is 0. The third kappa shape index (κ3) is 2.62. The largest absolute Gasteiger partial charge is 0.494 e. The molecule has 2 heterocycles. The molecule has 1 fully saturated rings. The van der Waals surface area contributed by atoms with E-state index >= 15 is 0 Å². The Hall–Kier alpha value is -1.59. The Labute approximate surface area is 138 Å². The number of hydrogen-bond acceptors (Lipinski definition) is 3. The minimum absolute atomic E-state index is 0.326. The van der Waals surface area contributed by atoms with E-state index in [1.165, 1.54) is 5.56 Å². The Morgan fingerprint density at radius 2 is 1.65 bits per heavy atom. The summed E-state index contributed by atoms with van der Waals surface area (Å²) >= 11 is 0. The maximum Gasteiger partial charge on any atom is 0.494 e. The molecule has 0 bridgehead atoms. The van der Waals surface area contributed by atoms with E-state index in [1.54, 1.807) is 0 Å². The van der Waals surface area contributed by atoms with Crippen molar-refractivity contribution in [2.24, 2.45) is 7.05 Å². The van der Waals surface area contributed by atoms with Crippen LogP contribution >= 0.6 is 0 Å². The zero-order chi connectivity index (χ0) is 17.0. The Kier molecular flexibility index (Phi) is 3.69. The van der Waals surface area contributed by atoms with E-state index in [0.29, 0.717) is 0 Å². The van der Waals surface area contributed by atoms with E-state index in [9.17, 15) is 0 Å². The summed E-state index contributed by atoms with van der Waals surface area (Å²) in [6, 6.07) is 8.39. The molecule has 1 aromatic heterocycles. The number of nitrogens with zero attached hydrogens (tertiary/aromatic N) is 2. The monoisotopic (exact) mass is 312 g/mol. The van der Waals surface area contributed by atoms with Gasteiger partial charge in [0.15, 0.2) is 0 Å². The fraction of sp³-hybridized carbons (Fsp3) is 0.500. The second-order valence-corrected chi connectivity index (χ2v) is 7.38. The van der Waals surface area contributed by atoms with Gasteiger partial charge in [-0.3, -0.25) is 4.68 Å². The number of aromatic nitrogens is 2. The number of rotatable bonds is 2. The van der Waals surface area contributed by atoms with Crippen LogP contribution in [0.5, 0.6) is 0 Å². The highest BCUT2D eigenvalue weighted by molar-refractivity contribution is 6.62. The highest BCUT2D eigenvalue weighted by atomic mass is 16.7. The predicted octanol–water partition coefficient (Wildman–Crippen LogP) is 3.00. The van der Waals surface area contributed by atoms with Gasteiger partial charge in [0.25, 0.3) is 0 Å². The van der Waals surface area contributed by atoms with Crippen LogP contribution in [0.15, 0.2) is 24.3 Å². The van der Waals surface area contributed by atoms with Crippen molar-refractivity contribution in [3.63, 3.8) is 0 Å². The minimum Gasteiger partial charge on any atom is -0.399 e. The third-order valence-electron chi connectivity index (χ3n) is 5.21. The molecule has 2 aromatic rings. The lowest BCUT2D eigenvalue weighted by Crippen LogP contribution is -2.41. The van der Waals surface area contributed by atoms with E-state index in [1.807, 2.05) is 18.7 Å². The highest BCUT2D eigenvalue weighted by Gasteiger charge is 2.51. The van der Waals surface area contributed by atoms with E-state index in [4.69, 9.17) is 9.31 Å². The molecule has 122 valence electrons. The van der Waals surface area contributed by atoms with Crippen LogP contribution < -0.4 is 5.46 Å². The Morgan fingerprint density at radius 3 is 2.17 bits per heavy atom. The van der Waals surface area contributed by atoms with Gasteiger partial charge in [0.2, 0.25) is 0 Å². The van der Waals surface area contributed by atoms with Crippen LogP contribution in [0.2, 0.25) is 0 Å². The first kappa shape index (κ1) is 16.3. The number of aryl methyl sites for hydroxylation is 2. The van der Waals surface area contributed by atoms with E-state index in [2.05, 4.69) is 64.0 Å². The Balaban J connectivity index is 1.99. The fourth-order valence-corrected chi connectivity index (χ4v) is 3.01. The first-order valence-electron chi connectivity index (χ1n) is 8.08. The fourth-order valence-electron chi connectivity index (χ4n) is 3.01. The zero-order valence-electron chi connectivity index (χ0n) is 15.1. The quantitative estimate of drug-likeness (QED) is 0.800. The summed E-state index contributed by atoms with van der Waals surface area (Å²) in [6.45, 7) is 12.4. The average molecular weight is 312 g/mol. The molecule has 1 aliphatic rings. The summed E-state index contributed by atoms with van der Waals surface area (Å²) < 4.78 is 14.2. The normalized spacial score (nSPS) is 19.3. The molecule has 0 unspecified atom stereocenters. The molecule has 1 aliphatic heterocycles. The van der Waals surface area contributed by atoms with Crippen molar-refractivity contribution in [2.75, 3.05) is 0 Å². The summed E-state index contributed by atoms with van der Waals surface area (Å²) in [7, 11) is 1.64. The van der Waals surface area contributed by atoms with Crippen molar-refractivity contribution >= 4 is 12.6 Å². The van der Waals surface area contributed by atoms with Crippen molar-refractivity contribution in [3.05, 3.63) is 35.7 Å². The molecule has 0 spiro atoms. The Bertz CT molecular complexity index is 733. The van der Waals surface area contributed by atoms with E-state index < -0.39 is 0 Å². The predicted molar refractivity (Wildman–Crippen MR) is 93.8 cm³/mol. The molecule has 4 nitrogen and oxygen atoms in total. The Morgan fingerprint density at radius 1 is 1.04 bits per heavy atom. The summed E-state index contributed by atoms with van der Waals surface area (Å²) in [6.07, 6.45) is 0. The van der Waals surface area contributed by atoms with Crippen molar-refractivity contribution in [3.8, 4) is 11.1 Å². The van der Waals surface area contributed by atoms with Gasteiger partial charge >= 0.3 is 7.12 Å². The molecule has 1 aromatic carbocycles. The summed E-state index contributed by atoms with van der Waals surface area (Å²) in [5.41, 5.74) is 4.93. The lowest BCUT2D eigenvalue weighted by molar-refractivity contribution is 0.00578. The molecule has 0 aliphatic carbocycles. The van der Waals surface area contributed by atoms with Crippen molar-refractivity contribution in [1.82, 2.24) is 9.78 Å². The minimum atomic E-state index is -0.336. The van der Waals surface area contributed by atoms with E-state index in [0.717, 1.165) is 22.4 Å². The first-order valence-corrected chi connectivity index (χ1v) is 8.08. The maximum atomic E-state index is 6.16. The van der Waals surface area contributed by atoms with Crippen LogP contribution in [-0.2, 0) is 16.4 Å².